The number of oxazole rings is 1. The Kier molecular flexibility index (Phi) is 5.47. The third-order valence-corrected chi connectivity index (χ3v) is 6.68. The van der Waals surface area contributed by atoms with Crippen molar-refractivity contribution in [3.8, 4) is 16.5 Å². The summed E-state index contributed by atoms with van der Waals surface area (Å²) in [5, 5.41) is 13.0. The maximum Gasteiger partial charge on any atom is 0.419 e. The van der Waals surface area contributed by atoms with E-state index in [1.165, 1.54) is 15.9 Å². The average Bonchev–Trinajstić information content (AvgIpc) is 3.21. The van der Waals surface area contributed by atoms with E-state index in [1.807, 2.05) is 24.3 Å². The fraction of sp³-hybridized carbons (Fsp3) is 0.381. The van der Waals surface area contributed by atoms with Crippen molar-refractivity contribution in [3.63, 3.8) is 0 Å². The Hall–Kier alpha value is -2.93. The fourth-order valence-corrected chi connectivity index (χ4v) is 4.82. The second-order valence-corrected chi connectivity index (χ2v) is 8.56. The number of nitrogens with zero attached hydrogens (tertiary/aromatic N) is 2. The van der Waals surface area contributed by atoms with Gasteiger partial charge in [0.15, 0.2) is 11.2 Å². The summed E-state index contributed by atoms with van der Waals surface area (Å²) in [5.74, 6) is -1.73. The van der Waals surface area contributed by atoms with Crippen LogP contribution in [0.1, 0.15) is 11.3 Å². The Balaban J connectivity index is 1.62. The van der Waals surface area contributed by atoms with Gasteiger partial charge in [-0.1, -0.05) is 0 Å². The molecule has 1 aromatic carbocycles. The third-order valence-electron chi connectivity index (χ3n) is 5.52. The first-order chi connectivity index (χ1) is 14.4. The topological polar surface area (TPSA) is 123 Å². The molecule has 3 heterocycles. The highest BCUT2D eigenvalue weighted by Crippen LogP contribution is 2.34. The number of aromatic nitrogens is 1. The van der Waals surface area contributed by atoms with Crippen LogP contribution in [-0.2, 0) is 23.0 Å². The smallest absolute Gasteiger partial charge is 0.408 e. The zero-order chi connectivity index (χ0) is 21.3. The summed E-state index contributed by atoms with van der Waals surface area (Å²) in [6, 6.07) is 11.7. The van der Waals surface area contributed by atoms with Gasteiger partial charge in [-0.05, 0) is 48.9 Å². The van der Waals surface area contributed by atoms with Gasteiger partial charge in [0.2, 0.25) is 0 Å². The van der Waals surface area contributed by atoms with Gasteiger partial charge >= 0.3 is 5.76 Å². The van der Waals surface area contributed by atoms with Crippen LogP contribution in [0.3, 0.4) is 0 Å². The number of carbonyl (C=O) groups excluding carboxylic acids is 1. The van der Waals surface area contributed by atoms with Gasteiger partial charge in [0.05, 0.1) is 17.5 Å². The van der Waals surface area contributed by atoms with Gasteiger partial charge in [0.1, 0.15) is 0 Å². The molecule has 1 saturated heterocycles. The number of ether oxygens (including phenoxy) is 1. The predicted molar refractivity (Wildman–Crippen MR) is 113 cm³/mol. The number of primary amides is 1. The molecule has 156 valence electrons. The molecule has 1 aliphatic heterocycles. The number of nitriles is 1. The van der Waals surface area contributed by atoms with Gasteiger partial charge in [-0.3, -0.25) is 9.36 Å². The number of aryl methyl sites for hydroxylation is 1. The van der Waals surface area contributed by atoms with Crippen molar-refractivity contribution in [1.29, 1.82) is 5.26 Å². The molecule has 1 fully saturated rings. The second kappa shape index (κ2) is 8.07. The molecule has 4 rings (SSSR count). The number of carbonyl (C=O) groups is 1. The van der Waals surface area contributed by atoms with Gasteiger partial charge in [-0.2, -0.15) is 5.26 Å². The Morgan fingerprint density at radius 2 is 2.27 bits per heavy atom. The largest absolute Gasteiger partial charge is 0.419 e. The average molecular weight is 426 g/mol. The van der Waals surface area contributed by atoms with E-state index in [-0.39, 0.29) is 6.54 Å². The maximum atomic E-state index is 12.3. The van der Waals surface area contributed by atoms with E-state index in [0.29, 0.717) is 24.1 Å². The SMILES string of the molecule is Cn1c(=O)oc2ccc(-c3ccc(C[C@@H](C#N)C4(C(N)=O)CNCCCO4)s3)cc21. The van der Waals surface area contributed by atoms with E-state index in [4.69, 9.17) is 14.9 Å². The van der Waals surface area contributed by atoms with Crippen molar-refractivity contribution in [1.82, 2.24) is 9.88 Å². The fourth-order valence-electron chi connectivity index (χ4n) is 3.77. The molecule has 0 saturated carbocycles. The highest BCUT2D eigenvalue weighted by atomic mass is 32.1. The van der Waals surface area contributed by atoms with Crippen molar-refractivity contribution in [3.05, 3.63) is 45.8 Å². The number of fused-ring (bicyclic) bond motifs is 1. The first-order valence-electron chi connectivity index (χ1n) is 9.67. The molecule has 0 bridgehead atoms. The van der Waals surface area contributed by atoms with Crippen molar-refractivity contribution in [2.24, 2.45) is 18.7 Å². The van der Waals surface area contributed by atoms with Crippen LogP contribution in [0.15, 0.2) is 39.5 Å². The third kappa shape index (κ3) is 3.54. The second-order valence-electron chi connectivity index (χ2n) is 7.39. The molecule has 2 atom stereocenters. The zero-order valence-electron chi connectivity index (χ0n) is 16.5. The summed E-state index contributed by atoms with van der Waals surface area (Å²) in [6.07, 6.45) is 1.12. The van der Waals surface area contributed by atoms with Gasteiger partial charge in [0.25, 0.3) is 5.91 Å². The molecule has 0 radical (unpaired) electrons. The van der Waals surface area contributed by atoms with Crippen LogP contribution in [0.25, 0.3) is 21.5 Å². The van der Waals surface area contributed by atoms with E-state index in [2.05, 4.69) is 11.4 Å². The van der Waals surface area contributed by atoms with Crippen molar-refractivity contribution in [2.45, 2.75) is 18.4 Å². The number of thiophene rings is 1. The number of benzene rings is 1. The number of hydrogen-bond acceptors (Lipinski definition) is 7. The molecule has 3 N–H and O–H groups in total. The van der Waals surface area contributed by atoms with E-state index in [0.717, 1.165) is 28.3 Å². The quantitative estimate of drug-likeness (QED) is 0.641. The van der Waals surface area contributed by atoms with Crippen LogP contribution in [0.2, 0.25) is 0 Å². The lowest BCUT2D eigenvalue weighted by Gasteiger charge is -2.33. The van der Waals surface area contributed by atoms with E-state index >= 15 is 0 Å². The van der Waals surface area contributed by atoms with Gasteiger partial charge in [-0.15, -0.1) is 11.3 Å². The lowest BCUT2D eigenvalue weighted by molar-refractivity contribution is -0.147. The lowest BCUT2D eigenvalue weighted by Crippen LogP contribution is -2.57. The van der Waals surface area contributed by atoms with Crippen molar-refractivity contribution in [2.75, 3.05) is 19.7 Å². The summed E-state index contributed by atoms with van der Waals surface area (Å²) < 4.78 is 12.5. The molecule has 30 heavy (non-hydrogen) atoms. The first kappa shape index (κ1) is 20.3. The van der Waals surface area contributed by atoms with Crippen molar-refractivity contribution < 1.29 is 13.9 Å². The van der Waals surface area contributed by atoms with Crippen LogP contribution >= 0.6 is 11.3 Å². The highest BCUT2D eigenvalue weighted by molar-refractivity contribution is 7.15. The van der Waals surface area contributed by atoms with Gasteiger partial charge in [0, 0.05) is 36.4 Å². The van der Waals surface area contributed by atoms with Crippen LogP contribution in [-0.4, -0.2) is 35.8 Å². The normalized spacial score (nSPS) is 20.5. The summed E-state index contributed by atoms with van der Waals surface area (Å²) >= 11 is 1.53. The van der Waals surface area contributed by atoms with Crippen LogP contribution in [0, 0.1) is 17.2 Å². The summed E-state index contributed by atoms with van der Waals surface area (Å²) in [7, 11) is 1.67. The molecule has 1 amide bonds. The van der Waals surface area contributed by atoms with Crippen LogP contribution < -0.4 is 16.8 Å². The minimum absolute atomic E-state index is 0.226. The maximum absolute atomic E-state index is 12.3. The molecule has 2 aromatic heterocycles. The zero-order valence-corrected chi connectivity index (χ0v) is 17.3. The van der Waals surface area contributed by atoms with Gasteiger partial charge in [-0.25, -0.2) is 4.79 Å². The highest BCUT2D eigenvalue weighted by Gasteiger charge is 2.46. The molecule has 1 aliphatic rings. The van der Waals surface area contributed by atoms with E-state index in [9.17, 15) is 14.9 Å². The van der Waals surface area contributed by atoms with E-state index in [1.54, 1.807) is 13.1 Å². The standard InChI is InChI=1S/C21H22N4O4S/c1-25-16-9-13(3-5-17(16)29-20(25)27)18-6-4-15(30-18)10-14(11-22)21(19(23)26)12-24-7-2-8-28-21/h3-6,9,14,24H,2,7-8,10,12H2,1H3,(H2,23,26)/t14-,21?/m0/s1. The molecular formula is C21H22N4O4S. The number of hydrogen-bond donors (Lipinski definition) is 2. The Bertz CT molecular complexity index is 1180. The monoisotopic (exact) mass is 426 g/mol. The van der Waals surface area contributed by atoms with E-state index < -0.39 is 23.2 Å². The lowest BCUT2D eigenvalue weighted by atomic mass is 9.84. The molecule has 8 nitrogen and oxygen atoms in total. The first-order valence-corrected chi connectivity index (χ1v) is 10.5. The Labute approximate surface area is 176 Å². The van der Waals surface area contributed by atoms with Crippen LogP contribution in [0.5, 0.6) is 0 Å². The minimum atomic E-state index is -1.34. The van der Waals surface area contributed by atoms with Crippen molar-refractivity contribution >= 4 is 28.3 Å². The number of rotatable bonds is 5. The molecule has 1 unspecified atom stereocenters. The summed E-state index contributed by atoms with van der Waals surface area (Å²) in [5.41, 5.74) is 6.53. The van der Waals surface area contributed by atoms with Crippen LogP contribution in [0.4, 0.5) is 0 Å². The molecule has 3 aromatic rings. The summed E-state index contributed by atoms with van der Waals surface area (Å²) in [6.45, 7) is 1.33. The Morgan fingerprint density at radius 3 is 3.03 bits per heavy atom. The Morgan fingerprint density at radius 1 is 1.43 bits per heavy atom. The number of amides is 1. The number of nitrogens with two attached hydrogens (primary N) is 1. The number of nitrogens with one attached hydrogen (secondary N) is 1. The minimum Gasteiger partial charge on any atom is -0.408 e. The molecule has 0 spiro atoms. The molecule has 0 aliphatic carbocycles. The predicted octanol–water partition coefficient (Wildman–Crippen LogP) is 1.78. The molecular weight excluding hydrogens is 404 g/mol. The summed E-state index contributed by atoms with van der Waals surface area (Å²) in [4.78, 5) is 25.9. The van der Waals surface area contributed by atoms with Gasteiger partial charge < -0.3 is 20.2 Å². The molecule has 9 heteroatoms.